The lowest BCUT2D eigenvalue weighted by Crippen LogP contribution is -2.52. The molecule has 1 N–H and O–H groups in total. The number of fused-ring (bicyclic) bond motifs is 2. The van der Waals surface area contributed by atoms with Crippen LogP contribution in [0.2, 0.25) is 18.6 Å². The van der Waals surface area contributed by atoms with Gasteiger partial charge in [0, 0.05) is 21.6 Å². The van der Waals surface area contributed by atoms with Gasteiger partial charge in [-0.3, -0.25) is 9.59 Å². The molecule has 0 unspecified atom stereocenters. The van der Waals surface area contributed by atoms with E-state index in [0.717, 1.165) is 39.0 Å². The molecule has 3 aliphatic heterocycles. The Morgan fingerprint density at radius 3 is 2.37 bits per heavy atom. The Balaban J connectivity index is 1.45. The van der Waals surface area contributed by atoms with Gasteiger partial charge in [0.05, 0.1) is 59.7 Å². The molecule has 10 heteroatoms. The number of ether oxygens (including phenoxy) is 3. The van der Waals surface area contributed by atoms with Gasteiger partial charge in [0.15, 0.2) is 5.60 Å². The van der Waals surface area contributed by atoms with Crippen molar-refractivity contribution in [2.24, 2.45) is 5.92 Å². The van der Waals surface area contributed by atoms with Crippen molar-refractivity contribution in [1.29, 1.82) is 0 Å². The lowest BCUT2D eigenvalue weighted by molar-refractivity contribution is -0.150. The number of likely N-dealkylation sites (tertiary alicyclic amines) is 1. The van der Waals surface area contributed by atoms with Crippen LogP contribution in [0.1, 0.15) is 37.3 Å². The molecule has 46 heavy (non-hydrogen) atoms. The minimum atomic E-state index is -2.41. The number of aliphatic hydroxyl groups is 1. The molecule has 3 aromatic carbocycles. The second-order valence-electron chi connectivity index (χ2n) is 13.3. The van der Waals surface area contributed by atoms with E-state index in [1.165, 1.54) is 5.19 Å². The summed E-state index contributed by atoms with van der Waals surface area (Å²) in [6, 6.07) is 22.1. The van der Waals surface area contributed by atoms with Crippen molar-refractivity contribution in [3.8, 4) is 11.5 Å². The summed E-state index contributed by atoms with van der Waals surface area (Å²) in [6.45, 7) is 7.76. The van der Waals surface area contributed by atoms with Crippen molar-refractivity contribution in [2.45, 2.75) is 69.1 Å². The molecule has 2 amide bonds. The van der Waals surface area contributed by atoms with Crippen molar-refractivity contribution in [3.63, 3.8) is 0 Å². The first-order chi connectivity index (χ1) is 22.0. The summed E-state index contributed by atoms with van der Waals surface area (Å²) < 4.78 is 19.4. The number of methoxy groups -OCH3 is 2. The molecule has 0 bridgehead atoms. The highest BCUT2D eigenvalue weighted by Gasteiger charge is 2.66. The van der Waals surface area contributed by atoms with Crippen LogP contribution in [0.3, 0.4) is 0 Å². The molecule has 6 rings (SSSR count). The van der Waals surface area contributed by atoms with Crippen LogP contribution in [0.15, 0.2) is 66.7 Å². The molecular formula is C36H43IN2O6Si. The van der Waals surface area contributed by atoms with Gasteiger partial charge in [0.25, 0.3) is 5.91 Å². The number of halogens is 1. The Morgan fingerprint density at radius 2 is 1.72 bits per heavy atom. The van der Waals surface area contributed by atoms with Crippen LogP contribution in [0, 0.1) is 9.49 Å². The molecule has 0 aromatic heterocycles. The fourth-order valence-corrected chi connectivity index (χ4v) is 12.6. The monoisotopic (exact) mass is 754 g/mol. The Morgan fingerprint density at radius 1 is 1.04 bits per heavy atom. The normalized spacial score (nSPS) is 25.8. The Hall–Kier alpha value is -2.93. The number of hydrogen-bond acceptors (Lipinski definition) is 6. The minimum absolute atomic E-state index is 0.0256. The molecule has 2 saturated heterocycles. The third kappa shape index (κ3) is 5.54. The predicted molar refractivity (Wildman–Crippen MR) is 189 cm³/mol. The molecule has 3 heterocycles. The molecule has 8 nitrogen and oxygen atoms in total. The minimum Gasteiger partial charge on any atom is -0.497 e. The zero-order valence-corrected chi connectivity index (χ0v) is 30.3. The van der Waals surface area contributed by atoms with E-state index < -0.39 is 19.8 Å². The van der Waals surface area contributed by atoms with Gasteiger partial charge >= 0.3 is 0 Å². The van der Waals surface area contributed by atoms with E-state index in [0.29, 0.717) is 18.8 Å². The SMILES string of the molecule is COc1ccc([Si](C)(C)[C@H]2[C@H](CC(=O)N3CCC[C@H]3CO)O[C@@]3(C(=O)N(Cc4ccc(I)cc4)c4ccc(OC)cc43)[C@@H]2C)cc1. The number of rotatable bonds is 9. The third-order valence-electron chi connectivity index (χ3n) is 10.6. The maximum Gasteiger partial charge on any atom is 0.264 e. The molecule has 3 aliphatic rings. The Labute approximate surface area is 286 Å². The molecule has 3 aromatic rings. The standard InChI is InChI=1S/C36H43IN2O6Si/c1-23-34(46(4,5)29-15-12-27(43-2)13-16-29)32(20-33(41)38-18-6-7-26(38)22-40)45-36(23)30-19-28(44-3)14-17-31(30)39(35(36)42)21-24-8-10-25(37)11-9-24/h8-17,19,23,26,32,34,40H,6-7,18,20-22H2,1-5H3/t23-,26+,32+,34-,36+/m1/s1. The average molecular weight is 755 g/mol. The lowest BCUT2D eigenvalue weighted by Gasteiger charge is -2.37. The first-order valence-corrected chi connectivity index (χ1v) is 20.2. The van der Waals surface area contributed by atoms with Gasteiger partial charge in [-0.15, -0.1) is 0 Å². The van der Waals surface area contributed by atoms with Crippen molar-refractivity contribution in [1.82, 2.24) is 4.90 Å². The average Bonchev–Trinajstić information content (AvgIpc) is 3.72. The molecule has 0 radical (unpaired) electrons. The topological polar surface area (TPSA) is 88.5 Å². The maximum absolute atomic E-state index is 15.0. The van der Waals surface area contributed by atoms with Gasteiger partial charge in [-0.1, -0.05) is 49.5 Å². The van der Waals surface area contributed by atoms with Crippen LogP contribution < -0.4 is 19.6 Å². The lowest BCUT2D eigenvalue weighted by atomic mass is 9.82. The fourth-order valence-electron chi connectivity index (χ4n) is 8.19. The number of carbonyl (C=O) groups is 2. The third-order valence-corrected chi connectivity index (χ3v) is 15.7. The molecule has 5 atom stereocenters. The summed E-state index contributed by atoms with van der Waals surface area (Å²) in [5.41, 5.74) is 1.29. The zero-order valence-electron chi connectivity index (χ0n) is 27.2. The smallest absolute Gasteiger partial charge is 0.264 e. The number of amides is 2. The molecule has 0 aliphatic carbocycles. The van der Waals surface area contributed by atoms with Crippen molar-refractivity contribution >= 4 is 53.4 Å². The van der Waals surface area contributed by atoms with E-state index in [-0.39, 0.29) is 42.3 Å². The molecule has 0 saturated carbocycles. The summed E-state index contributed by atoms with van der Waals surface area (Å²) >= 11 is 2.29. The Bertz CT molecular complexity index is 1600. The maximum atomic E-state index is 15.0. The Kier molecular flexibility index (Phi) is 9.27. The van der Waals surface area contributed by atoms with Gasteiger partial charge in [0.2, 0.25) is 5.91 Å². The fraction of sp³-hybridized carbons (Fsp3) is 0.444. The van der Waals surface area contributed by atoms with Crippen LogP contribution in [-0.4, -0.2) is 69.4 Å². The van der Waals surface area contributed by atoms with Crippen molar-refractivity contribution < 1.29 is 28.9 Å². The molecule has 2 fully saturated rings. The predicted octanol–water partition coefficient (Wildman–Crippen LogP) is 5.44. The van der Waals surface area contributed by atoms with Crippen LogP contribution in [0.4, 0.5) is 5.69 Å². The van der Waals surface area contributed by atoms with Gasteiger partial charge in [-0.25, -0.2) is 0 Å². The second-order valence-corrected chi connectivity index (χ2v) is 19.3. The van der Waals surface area contributed by atoms with Crippen LogP contribution in [0.25, 0.3) is 0 Å². The zero-order chi connectivity index (χ0) is 32.8. The van der Waals surface area contributed by atoms with E-state index in [4.69, 9.17) is 14.2 Å². The summed E-state index contributed by atoms with van der Waals surface area (Å²) in [5, 5.41) is 11.2. The van der Waals surface area contributed by atoms with Crippen LogP contribution >= 0.6 is 22.6 Å². The highest BCUT2D eigenvalue weighted by atomic mass is 127. The van der Waals surface area contributed by atoms with Gasteiger partial charge in [0.1, 0.15) is 11.5 Å². The second kappa shape index (κ2) is 12.9. The molecule has 1 spiro atoms. The summed E-state index contributed by atoms with van der Waals surface area (Å²) in [7, 11) is 0.878. The van der Waals surface area contributed by atoms with Gasteiger partial charge in [-0.05, 0) is 89.0 Å². The van der Waals surface area contributed by atoms with Crippen LogP contribution in [-0.2, 0) is 26.5 Å². The number of nitrogens with zero attached hydrogens (tertiary/aromatic N) is 2. The van der Waals surface area contributed by atoms with E-state index in [1.54, 1.807) is 14.2 Å². The molecule has 244 valence electrons. The number of benzene rings is 3. The number of carbonyl (C=O) groups excluding carboxylic acids is 2. The van der Waals surface area contributed by atoms with E-state index in [9.17, 15) is 14.7 Å². The number of hydrogen-bond donors (Lipinski definition) is 1. The summed E-state index contributed by atoms with van der Waals surface area (Å²) in [4.78, 5) is 32.6. The highest BCUT2D eigenvalue weighted by Crippen LogP contribution is 2.60. The summed E-state index contributed by atoms with van der Waals surface area (Å²) in [6.07, 6.45) is 1.33. The van der Waals surface area contributed by atoms with Crippen molar-refractivity contribution in [3.05, 3.63) is 81.4 Å². The van der Waals surface area contributed by atoms with Crippen LogP contribution in [0.5, 0.6) is 11.5 Å². The molecular weight excluding hydrogens is 711 g/mol. The summed E-state index contributed by atoms with van der Waals surface area (Å²) in [5.74, 6) is 1.08. The number of anilines is 1. The quantitative estimate of drug-likeness (QED) is 0.231. The van der Waals surface area contributed by atoms with E-state index in [1.807, 2.05) is 40.1 Å². The van der Waals surface area contributed by atoms with E-state index >= 15 is 0 Å². The first kappa shape index (κ1) is 33.0. The van der Waals surface area contributed by atoms with E-state index in [2.05, 4.69) is 79.0 Å². The van der Waals surface area contributed by atoms with Gasteiger partial charge in [-0.2, -0.15) is 0 Å². The van der Waals surface area contributed by atoms with Gasteiger partial charge < -0.3 is 29.1 Å². The van der Waals surface area contributed by atoms with Crippen molar-refractivity contribution in [2.75, 3.05) is 32.3 Å². The largest absolute Gasteiger partial charge is 0.497 e. The first-order valence-electron chi connectivity index (χ1n) is 16.0. The highest BCUT2D eigenvalue weighted by molar-refractivity contribution is 14.1. The number of aliphatic hydroxyl groups excluding tert-OH is 1.